The van der Waals surface area contributed by atoms with E-state index in [0.717, 1.165) is 38.3 Å². The van der Waals surface area contributed by atoms with Crippen LogP contribution in [-0.4, -0.2) is 49.8 Å². The van der Waals surface area contributed by atoms with Crippen molar-refractivity contribution in [1.82, 2.24) is 10.2 Å². The molecule has 2 heterocycles. The summed E-state index contributed by atoms with van der Waals surface area (Å²) < 4.78 is 11.2. The summed E-state index contributed by atoms with van der Waals surface area (Å²) in [4.78, 5) is 14.9. The molecule has 2 unspecified atom stereocenters. The lowest BCUT2D eigenvalue weighted by molar-refractivity contribution is -0.125. The number of amides is 1. The Balaban J connectivity index is 1.58. The molecule has 144 valence electrons. The number of hydrogen-bond acceptors (Lipinski definition) is 4. The summed E-state index contributed by atoms with van der Waals surface area (Å²) >= 11 is 0. The van der Waals surface area contributed by atoms with E-state index in [2.05, 4.69) is 22.3 Å². The van der Waals surface area contributed by atoms with E-state index < -0.39 is 0 Å². The first-order chi connectivity index (χ1) is 12.8. The Labute approximate surface area is 157 Å². The SMILES string of the molecule is CCOc1ccc(C(CNC(=O)CC2CCCCO2)N2CCCC2)cc1. The molecule has 0 bridgehead atoms. The predicted octanol–water partition coefficient (Wildman–Crippen LogP) is 3.30. The maximum atomic E-state index is 12.4. The topological polar surface area (TPSA) is 50.8 Å². The van der Waals surface area contributed by atoms with Gasteiger partial charge in [-0.1, -0.05) is 12.1 Å². The summed E-state index contributed by atoms with van der Waals surface area (Å²) in [6.45, 7) is 6.31. The lowest BCUT2D eigenvalue weighted by atomic mass is 10.0. The number of carbonyl (C=O) groups excluding carboxylic acids is 1. The highest BCUT2D eigenvalue weighted by Crippen LogP contribution is 2.26. The Morgan fingerprint density at radius 2 is 2.00 bits per heavy atom. The second-order valence-corrected chi connectivity index (χ2v) is 7.26. The average molecular weight is 360 g/mol. The van der Waals surface area contributed by atoms with Crippen molar-refractivity contribution in [2.75, 3.05) is 32.8 Å². The zero-order chi connectivity index (χ0) is 18.2. The van der Waals surface area contributed by atoms with Crippen LogP contribution in [-0.2, 0) is 9.53 Å². The Hall–Kier alpha value is -1.59. The van der Waals surface area contributed by atoms with Gasteiger partial charge in [-0.3, -0.25) is 9.69 Å². The van der Waals surface area contributed by atoms with E-state index in [4.69, 9.17) is 9.47 Å². The van der Waals surface area contributed by atoms with Crippen LogP contribution >= 0.6 is 0 Å². The largest absolute Gasteiger partial charge is 0.494 e. The quantitative estimate of drug-likeness (QED) is 0.773. The van der Waals surface area contributed by atoms with Gasteiger partial charge >= 0.3 is 0 Å². The zero-order valence-electron chi connectivity index (χ0n) is 15.9. The van der Waals surface area contributed by atoms with Crippen molar-refractivity contribution >= 4 is 5.91 Å². The third-order valence-electron chi connectivity index (χ3n) is 5.34. The molecule has 2 aliphatic heterocycles. The lowest BCUT2D eigenvalue weighted by Gasteiger charge is -2.29. The van der Waals surface area contributed by atoms with Crippen molar-refractivity contribution in [1.29, 1.82) is 0 Å². The molecule has 2 fully saturated rings. The lowest BCUT2D eigenvalue weighted by Crippen LogP contribution is -2.38. The second-order valence-electron chi connectivity index (χ2n) is 7.26. The molecule has 0 aromatic heterocycles. The molecule has 26 heavy (non-hydrogen) atoms. The standard InChI is InChI=1S/C21H32N2O3/c1-2-25-18-10-8-17(9-11-18)20(23-12-4-5-13-23)16-22-21(24)15-19-7-3-6-14-26-19/h8-11,19-20H,2-7,12-16H2,1H3,(H,22,24). The van der Waals surface area contributed by atoms with Gasteiger partial charge < -0.3 is 14.8 Å². The molecule has 0 spiro atoms. The molecule has 3 rings (SSSR count). The molecule has 0 saturated carbocycles. The van der Waals surface area contributed by atoms with Crippen LogP contribution < -0.4 is 10.1 Å². The molecule has 1 amide bonds. The highest BCUT2D eigenvalue weighted by atomic mass is 16.5. The number of nitrogens with zero attached hydrogens (tertiary/aromatic N) is 1. The molecule has 5 nitrogen and oxygen atoms in total. The van der Waals surface area contributed by atoms with E-state index >= 15 is 0 Å². The fourth-order valence-corrected chi connectivity index (χ4v) is 3.92. The van der Waals surface area contributed by atoms with Crippen molar-refractivity contribution < 1.29 is 14.3 Å². The summed E-state index contributed by atoms with van der Waals surface area (Å²) in [7, 11) is 0. The van der Waals surface area contributed by atoms with E-state index in [0.29, 0.717) is 19.6 Å². The minimum Gasteiger partial charge on any atom is -0.494 e. The smallest absolute Gasteiger partial charge is 0.222 e. The third kappa shape index (κ3) is 5.45. The maximum absolute atomic E-state index is 12.4. The fraction of sp³-hybridized carbons (Fsp3) is 0.667. The minimum atomic E-state index is 0.0967. The van der Waals surface area contributed by atoms with Crippen molar-refractivity contribution in [3.63, 3.8) is 0 Å². The van der Waals surface area contributed by atoms with Crippen molar-refractivity contribution in [2.24, 2.45) is 0 Å². The molecule has 2 atom stereocenters. The first kappa shape index (κ1) is 19.2. The number of benzene rings is 1. The fourth-order valence-electron chi connectivity index (χ4n) is 3.92. The highest BCUT2D eigenvalue weighted by molar-refractivity contribution is 5.76. The molecular weight excluding hydrogens is 328 g/mol. The Kier molecular flexibility index (Phi) is 7.32. The van der Waals surface area contributed by atoms with Gasteiger partial charge in [0, 0.05) is 13.2 Å². The van der Waals surface area contributed by atoms with Crippen molar-refractivity contribution in [3.05, 3.63) is 29.8 Å². The van der Waals surface area contributed by atoms with Gasteiger partial charge in [0.1, 0.15) is 5.75 Å². The Bertz CT molecular complexity index is 549. The van der Waals surface area contributed by atoms with Gasteiger partial charge in [-0.25, -0.2) is 0 Å². The number of hydrogen-bond donors (Lipinski definition) is 1. The number of ether oxygens (including phenoxy) is 2. The molecule has 0 radical (unpaired) electrons. The van der Waals surface area contributed by atoms with Crippen LogP contribution in [0.15, 0.2) is 24.3 Å². The van der Waals surface area contributed by atoms with E-state index in [1.165, 1.54) is 24.8 Å². The van der Waals surface area contributed by atoms with Crippen molar-refractivity contribution in [2.45, 2.75) is 57.6 Å². The van der Waals surface area contributed by atoms with E-state index in [9.17, 15) is 4.79 Å². The van der Waals surface area contributed by atoms with Gasteiger partial charge in [-0.05, 0) is 69.8 Å². The predicted molar refractivity (Wildman–Crippen MR) is 102 cm³/mol. The normalized spacial score (nSPS) is 22.1. The summed E-state index contributed by atoms with van der Waals surface area (Å²) in [6, 6.07) is 8.54. The van der Waals surface area contributed by atoms with Gasteiger partial charge in [0.2, 0.25) is 5.91 Å². The molecule has 1 aromatic carbocycles. The van der Waals surface area contributed by atoms with E-state index in [1.807, 2.05) is 19.1 Å². The first-order valence-electron chi connectivity index (χ1n) is 10.1. The molecule has 1 N–H and O–H groups in total. The molecule has 1 aromatic rings. The number of nitrogens with one attached hydrogen (secondary N) is 1. The Morgan fingerprint density at radius 3 is 2.65 bits per heavy atom. The van der Waals surface area contributed by atoms with Gasteiger partial charge in [0.05, 0.1) is 25.2 Å². The van der Waals surface area contributed by atoms with Gasteiger partial charge in [-0.2, -0.15) is 0 Å². The first-order valence-corrected chi connectivity index (χ1v) is 10.1. The summed E-state index contributed by atoms with van der Waals surface area (Å²) in [5.74, 6) is 1.00. The average Bonchev–Trinajstić information content (AvgIpc) is 3.19. The second kappa shape index (κ2) is 9.93. The molecule has 2 saturated heterocycles. The van der Waals surface area contributed by atoms with Gasteiger partial charge in [0.15, 0.2) is 0 Å². The molecule has 2 aliphatic rings. The highest BCUT2D eigenvalue weighted by Gasteiger charge is 2.25. The van der Waals surface area contributed by atoms with Crippen LogP contribution in [0.3, 0.4) is 0 Å². The van der Waals surface area contributed by atoms with E-state index in [1.54, 1.807) is 0 Å². The summed E-state index contributed by atoms with van der Waals surface area (Å²) in [6.07, 6.45) is 6.33. The minimum absolute atomic E-state index is 0.0967. The monoisotopic (exact) mass is 360 g/mol. The maximum Gasteiger partial charge on any atom is 0.222 e. The van der Waals surface area contributed by atoms with Crippen LogP contribution in [0.25, 0.3) is 0 Å². The van der Waals surface area contributed by atoms with E-state index in [-0.39, 0.29) is 18.1 Å². The van der Waals surface area contributed by atoms with Crippen molar-refractivity contribution in [3.8, 4) is 5.75 Å². The third-order valence-corrected chi connectivity index (χ3v) is 5.34. The van der Waals surface area contributed by atoms with Gasteiger partial charge in [-0.15, -0.1) is 0 Å². The number of carbonyl (C=O) groups is 1. The Morgan fingerprint density at radius 1 is 1.23 bits per heavy atom. The van der Waals surface area contributed by atoms with Crippen LogP contribution in [0.2, 0.25) is 0 Å². The number of rotatable bonds is 8. The van der Waals surface area contributed by atoms with Crippen LogP contribution in [0, 0.1) is 0 Å². The van der Waals surface area contributed by atoms with Crippen LogP contribution in [0.1, 0.15) is 57.1 Å². The summed E-state index contributed by atoms with van der Waals surface area (Å²) in [5, 5.41) is 3.15. The number of likely N-dealkylation sites (tertiary alicyclic amines) is 1. The zero-order valence-corrected chi connectivity index (χ0v) is 15.9. The molecule has 0 aliphatic carbocycles. The van der Waals surface area contributed by atoms with Crippen LogP contribution in [0.4, 0.5) is 0 Å². The molecule has 5 heteroatoms. The molecular formula is C21H32N2O3. The van der Waals surface area contributed by atoms with Crippen LogP contribution in [0.5, 0.6) is 5.75 Å². The van der Waals surface area contributed by atoms with Gasteiger partial charge in [0.25, 0.3) is 0 Å². The summed E-state index contributed by atoms with van der Waals surface area (Å²) in [5.41, 5.74) is 1.24.